The lowest BCUT2D eigenvalue weighted by molar-refractivity contribution is -0.384. The fraction of sp³-hybridized carbons (Fsp3) is 0.200. The molecule has 1 amide bonds. The summed E-state index contributed by atoms with van der Waals surface area (Å²) in [5.74, 6) is -0.489. The predicted octanol–water partition coefficient (Wildman–Crippen LogP) is 1.84. The number of halogens is 1. The van der Waals surface area contributed by atoms with Crippen LogP contribution in [0.15, 0.2) is 18.2 Å². The molecule has 0 fully saturated rings. The molecule has 0 atom stereocenters. The van der Waals surface area contributed by atoms with Crippen molar-refractivity contribution in [1.82, 2.24) is 4.90 Å². The maximum Gasteiger partial charge on any atom is 0.271 e. The Morgan fingerprint density at radius 3 is 2.76 bits per heavy atom. The number of nitrogens with zero attached hydrogens (tertiary/aromatic N) is 3. The molecule has 0 spiro atoms. The number of carbonyl (C=O) groups is 1. The summed E-state index contributed by atoms with van der Waals surface area (Å²) >= 11 is 5.68. The van der Waals surface area contributed by atoms with E-state index in [0.29, 0.717) is 0 Å². The summed E-state index contributed by atoms with van der Waals surface area (Å²) in [6.07, 6.45) is 0. The molecule has 0 aliphatic carbocycles. The summed E-state index contributed by atoms with van der Waals surface area (Å²) in [7, 11) is 1.43. The van der Waals surface area contributed by atoms with Gasteiger partial charge in [0, 0.05) is 29.8 Å². The zero-order valence-electron chi connectivity index (χ0n) is 8.88. The Balaban J connectivity index is 3.10. The van der Waals surface area contributed by atoms with Crippen molar-refractivity contribution in [2.45, 2.75) is 0 Å². The Bertz CT molecular complexity index is 510. The molecule has 0 aliphatic rings. The highest BCUT2D eigenvalue weighted by atomic mass is 35.5. The van der Waals surface area contributed by atoms with Crippen molar-refractivity contribution in [3.63, 3.8) is 0 Å². The van der Waals surface area contributed by atoms with E-state index < -0.39 is 10.8 Å². The van der Waals surface area contributed by atoms with Gasteiger partial charge in [-0.05, 0) is 6.07 Å². The topological polar surface area (TPSA) is 87.2 Å². The minimum Gasteiger partial charge on any atom is -0.328 e. The number of nitro groups is 1. The second-order valence-corrected chi connectivity index (χ2v) is 3.71. The third-order valence-electron chi connectivity index (χ3n) is 1.99. The molecule has 0 aliphatic heterocycles. The molecular weight excluding hydrogens is 246 g/mol. The second kappa shape index (κ2) is 5.27. The van der Waals surface area contributed by atoms with Crippen molar-refractivity contribution in [1.29, 1.82) is 5.26 Å². The molecule has 6 nitrogen and oxygen atoms in total. The van der Waals surface area contributed by atoms with Crippen LogP contribution in [0.4, 0.5) is 5.69 Å². The molecule has 0 radical (unpaired) electrons. The van der Waals surface area contributed by atoms with Gasteiger partial charge in [-0.1, -0.05) is 11.6 Å². The van der Waals surface area contributed by atoms with E-state index in [4.69, 9.17) is 16.9 Å². The van der Waals surface area contributed by atoms with Crippen LogP contribution in [0.2, 0.25) is 5.02 Å². The van der Waals surface area contributed by atoms with E-state index in [0.717, 1.165) is 17.0 Å². The van der Waals surface area contributed by atoms with Gasteiger partial charge in [-0.3, -0.25) is 14.9 Å². The van der Waals surface area contributed by atoms with Crippen LogP contribution in [0.3, 0.4) is 0 Å². The number of benzene rings is 1. The van der Waals surface area contributed by atoms with Crippen LogP contribution in [0.1, 0.15) is 10.4 Å². The smallest absolute Gasteiger partial charge is 0.271 e. The van der Waals surface area contributed by atoms with E-state index in [1.54, 1.807) is 0 Å². The summed E-state index contributed by atoms with van der Waals surface area (Å²) in [6, 6.07) is 5.41. The number of non-ortho nitro benzene ring substituents is 1. The van der Waals surface area contributed by atoms with Gasteiger partial charge in [0.25, 0.3) is 11.6 Å². The molecule has 0 unspecified atom stereocenters. The third kappa shape index (κ3) is 3.16. The molecule has 0 N–H and O–H groups in total. The van der Waals surface area contributed by atoms with Crippen LogP contribution in [0, 0.1) is 21.4 Å². The van der Waals surface area contributed by atoms with Gasteiger partial charge < -0.3 is 4.90 Å². The first-order chi connectivity index (χ1) is 7.95. The van der Waals surface area contributed by atoms with Gasteiger partial charge in [0.1, 0.15) is 6.54 Å². The van der Waals surface area contributed by atoms with Crippen molar-refractivity contribution in [2.24, 2.45) is 0 Å². The molecule has 7 heteroatoms. The number of amides is 1. The first kappa shape index (κ1) is 12.9. The van der Waals surface area contributed by atoms with Crippen LogP contribution < -0.4 is 0 Å². The predicted molar refractivity (Wildman–Crippen MR) is 60.7 cm³/mol. The number of nitro benzene ring substituents is 1. The fourth-order valence-electron chi connectivity index (χ4n) is 1.20. The minimum atomic E-state index is -0.632. The van der Waals surface area contributed by atoms with Gasteiger partial charge in [-0.25, -0.2) is 0 Å². The molecule has 1 rings (SSSR count). The van der Waals surface area contributed by atoms with Crippen molar-refractivity contribution >= 4 is 23.2 Å². The normalized spacial score (nSPS) is 9.47. The number of rotatable bonds is 3. The maximum absolute atomic E-state index is 11.8. The van der Waals surface area contributed by atoms with E-state index in [9.17, 15) is 14.9 Å². The van der Waals surface area contributed by atoms with Gasteiger partial charge >= 0.3 is 0 Å². The van der Waals surface area contributed by atoms with Gasteiger partial charge in [-0.15, -0.1) is 0 Å². The van der Waals surface area contributed by atoms with Crippen LogP contribution in [0.25, 0.3) is 0 Å². The molecule has 0 heterocycles. The first-order valence-corrected chi connectivity index (χ1v) is 4.91. The SMILES string of the molecule is CN(CC#N)C(=O)c1cc(Cl)cc([N+](=O)[O-])c1. The van der Waals surface area contributed by atoms with Gasteiger partial charge in [-0.2, -0.15) is 5.26 Å². The summed E-state index contributed by atoms with van der Waals surface area (Å²) in [6.45, 7) is -0.0981. The van der Waals surface area contributed by atoms with Crippen LogP contribution in [0.5, 0.6) is 0 Å². The number of nitriles is 1. The van der Waals surface area contributed by atoms with Crippen molar-refractivity contribution in [3.05, 3.63) is 38.9 Å². The van der Waals surface area contributed by atoms with Crippen LogP contribution in [-0.4, -0.2) is 29.3 Å². The third-order valence-corrected chi connectivity index (χ3v) is 2.21. The van der Waals surface area contributed by atoms with E-state index in [-0.39, 0.29) is 22.8 Å². The highest BCUT2D eigenvalue weighted by Gasteiger charge is 2.16. The molecule has 1 aromatic carbocycles. The van der Waals surface area contributed by atoms with Gasteiger partial charge in [0.2, 0.25) is 0 Å². The lowest BCUT2D eigenvalue weighted by Crippen LogP contribution is -2.26. The minimum absolute atomic E-state index is 0.0851. The molecule has 17 heavy (non-hydrogen) atoms. The van der Waals surface area contributed by atoms with E-state index >= 15 is 0 Å². The largest absolute Gasteiger partial charge is 0.328 e. The Morgan fingerprint density at radius 2 is 2.24 bits per heavy atom. The van der Waals surface area contributed by atoms with E-state index in [2.05, 4.69) is 0 Å². The first-order valence-electron chi connectivity index (χ1n) is 4.53. The number of carbonyl (C=O) groups excluding carboxylic acids is 1. The lowest BCUT2D eigenvalue weighted by atomic mass is 10.2. The zero-order chi connectivity index (χ0) is 13.0. The molecule has 0 saturated carbocycles. The Labute approximate surface area is 102 Å². The van der Waals surface area contributed by atoms with Gasteiger partial charge in [0.15, 0.2) is 0 Å². The summed E-state index contributed by atoms with van der Waals surface area (Å²) < 4.78 is 0. The molecule has 1 aromatic rings. The highest BCUT2D eigenvalue weighted by Crippen LogP contribution is 2.21. The van der Waals surface area contributed by atoms with Crippen molar-refractivity contribution in [3.8, 4) is 6.07 Å². The molecule has 0 bridgehead atoms. The average Bonchev–Trinajstić information content (AvgIpc) is 2.27. The highest BCUT2D eigenvalue weighted by molar-refractivity contribution is 6.31. The van der Waals surface area contributed by atoms with E-state index in [1.165, 1.54) is 13.1 Å². The molecule has 0 saturated heterocycles. The monoisotopic (exact) mass is 253 g/mol. The number of hydrogen-bond donors (Lipinski definition) is 0. The lowest BCUT2D eigenvalue weighted by Gasteiger charge is -2.12. The molecular formula is C10H8ClN3O3. The Hall–Kier alpha value is -2.13. The van der Waals surface area contributed by atoms with Gasteiger partial charge in [0.05, 0.1) is 11.0 Å². The molecule has 0 aromatic heterocycles. The van der Waals surface area contributed by atoms with Crippen LogP contribution in [-0.2, 0) is 0 Å². The second-order valence-electron chi connectivity index (χ2n) is 3.27. The Kier molecular flexibility index (Phi) is 4.01. The summed E-state index contributed by atoms with van der Waals surface area (Å²) in [5.41, 5.74) is -0.173. The molecule has 88 valence electrons. The van der Waals surface area contributed by atoms with E-state index in [1.807, 2.05) is 6.07 Å². The average molecular weight is 254 g/mol. The van der Waals surface area contributed by atoms with Crippen LogP contribution >= 0.6 is 11.6 Å². The maximum atomic E-state index is 11.8. The summed E-state index contributed by atoms with van der Waals surface area (Å²) in [5, 5.41) is 19.1. The number of hydrogen-bond acceptors (Lipinski definition) is 4. The summed E-state index contributed by atoms with van der Waals surface area (Å²) in [4.78, 5) is 22.9. The standard InChI is InChI=1S/C10H8ClN3O3/c1-13(3-2-12)10(15)7-4-8(11)6-9(5-7)14(16)17/h4-6H,3H2,1H3. The fourth-order valence-corrected chi connectivity index (χ4v) is 1.43. The van der Waals surface area contributed by atoms with Crippen molar-refractivity contribution < 1.29 is 9.72 Å². The quantitative estimate of drug-likeness (QED) is 0.467. The zero-order valence-corrected chi connectivity index (χ0v) is 9.64. The van der Waals surface area contributed by atoms with Crippen molar-refractivity contribution in [2.75, 3.05) is 13.6 Å². The Morgan fingerprint density at radius 1 is 1.59 bits per heavy atom.